The van der Waals surface area contributed by atoms with E-state index in [4.69, 9.17) is 14.6 Å². The van der Waals surface area contributed by atoms with Crippen molar-refractivity contribution in [3.63, 3.8) is 0 Å². The fourth-order valence-corrected chi connectivity index (χ4v) is 2.15. The van der Waals surface area contributed by atoms with Gasteiger partial charge >= 0.3 is 0 Å². The summed E-state index contributed by atoms with van der Waals surface area (Å²) in [6.07, 6.45) is 0. The molecule has 0 amide bonds. The highest BCUT2D eigenvalue weighted by Gasteiger charge is 2.07. The van der Waals surface area contributed by atoms with Gasteiger partial charge in [-0.05, 0) is 24.3 Å². The summed E-state index contributed by atoms with van der Waals surface area (Å²) in [5.41, 5.74) is 2.78. The maximum atomic E-state index is 7.62. The Kier molecular flexibility index (Phi) is 5.02. The molecule has 1 N–H and O–H groups in total. The van der Waals surface area contributed by atoms with E-state index < -0.39 is 0 Å². The van der Waals surface area contributed by atoms with Crippen molar-refractivity contribution < 1.29 is 9.15 Å². The van der Waals surface area contributed by atoms with Crippen molar-refractivity contribution in [2.24, 2.45) is 0 Å². The molecular formula is C18H16ClNO2. The minimum atomic E-state index is 0. The van der Waals surface area contributed by atoms with Gasteiger partial charge in [0.15, 0.2) is 0 Å². The van der Waals surface area contributed by atoms with Crippen LogP contribution in [0.5, 0.6) is 0 Å². The summed E-state index contributed by atoms with van der Waals surface area (Å²) >= 11 is 0. The van der Waals surface area contributed by atoms with Gasteiger partial charge in [0, 0.05) is 16.7 Å². The van der Waals surface area contributed by atoms with Crippen LogP contribution in [0.4, 0.5) is 0 Å². The van der Waals surface area contributed by atoms with Crippen LogP contribution >= 0.6 is 12.4 Å². The van der Waals surface area contributed by atoms with E-state index in [0.29, 0.717) is 0 Å². The van der Waals surface area contributed by atoms with Crippen molar-refractivity contribution >= 4 is 18.3 Å². The first kappa shape index (κ1) is 15.9. The first-order chi connectivity index (χ1) is 10.3. The Morgan fingerprint density at radius 2 is 1.36 bits per heavy atom. The third kappa shape index (κ3) is 3.21. The third-order valence-corrected chi connectivity index (χ3v) is 3.30. The largest absolute Gasteiger partial charge is 0.481 e. The van der Waals surface area contributed by atoms with E-state index in [-0.39, 0.29) is 18.3 Å². The molecule has 0 aliphatic rings. The summed E-state index contributed by atoms with van der Waals surface area (Å²) in [5.74, 6) is 1.81. The molecule has 0 bridgehead atoms. The molecule has 1 aromatic heterocycles. The van der Waals surface area contributed by atoms with Crippen LogP contribution in [0.1, 0.15) is 5.56 Å². The van der Waals surface area contributed by atoms with Crippen molar-refractivity contribution in [3.05, 3.63) is 72.3 Å². The number of hydrogen-bond donors (Lipinski definition) is 1. The lowest BCUT2D eigenvalue weighted by atomic mass is 10.1. The third-order valence-electron chi connectivity index (χ3n) is 3.30. The van der Waals surface area contributed by atoms with Gasteiger partial charge < -0.3 is 9.15 Å². The average molecular weight is 314 g/mol. The van der Waals surface area contributed by atoms with Crippen LogP contribution < -0.4 is 0 Å². The SMILES string of the molecule is COC(=N)c1ccc(-c2ccc(-c3ccccc3)o2)cc1.Cl. The summed E-state index contributed by atoms with van der Waals surface area (Å²) in [4.78, 5) is 0. The minimum absolute atomic E-state index is 0. The fraction of sp³-hybridized carbons (Fsp3) is 0.0556. The Labute approximate surface area is 135 Å². The normalized spacial score (nSPS) is 9.86. The lowest BCUT2D eigenvalue weighted by molar-refractivity contribution is 0.401. The highest BCUT2D eigenvalue weighted by atomic mass is 35.5. The molecule has 1 heterocycles. The van der Waals surface area contributed by atoms with Crippen molar-refractivity contribution in [1.82, 2.24) is 0 Å². The summed E-state index contributed by atoms with van der Waals surface area (Å²) in [5, 5.41) is 7.62. The Balaban J connectivity index is 0.00000176. The molecule has 0 aliphatic carbocycles. The molecule has 0 radical (unpaired) electrons. The quantitative estimate of drug-likeness (QED) is 0.546. The van der Waals surface area contributed by atoms with E-state index in [2.05, 4.69) is 0 Å². The summed E-state index contributed by atoms with van der Waals surface area (Å²) < 4.78 is 10.8. The van der Waals surface area contributed by atoms with Crippen molar-refractivity contribution in [2.45, 2.75) is 0 Å². The van der Waals surface area contributed by atoms with Crippen molar-refractivity contribution in [1.29, 1.82) is 5.41 Å². The van der Waals surface area contributed by atoms with E-state index >= 15 is 0 Å². The molecule has 2 aromatic carbocycles. The lowest BCUT2D eigenvalue weighted by Crippen LogP contribution is -2.00. The minimum Gasteiger partial charge on any atom is -0.481 e. The van der Waals surface area contributed by atoms with Crippen LogP contribution in [0.25, 0.3) is 22.6 Å². The van der Waals surface area contributed by atoms with E-state index in [1.54, 1.807) is 0 Å². The van der Waals surface area contributed by atoms with Crippen LogP contribution in [0, 0.1) is 5.41 Å². The second-order valence-corrected chi connectivity index (χ2v) is 4.64. The topological polar surface area (TPSA) is 46.2 Å². The van der Waals surface area contributed by atoms with E-state index in [0.717, 1.165) is 28.2 Å². The highest BCUT2D eigenvalue weighted by molar-refractivity contribution is 5.91. The van der Waals surface area contributed by atoms with Crippen molar-refractivity contribution in [3.8, 4) is 22.6 Å². The first-order valence-corrected chi connectivity index (χ1v) is 6.66. The van der Waals surface area contributed by atoms with Gasteiger partial charge in [-0.2, -0.15) is 0 Å². The predicted octanol–water partition coefficient (Wildman–Crippen LogP) is 5.01. The number of methoxy groups -OCH3 is 1. The zero-order valence-electron chi connectivity index (χ0n) is 12.1. The number of ether oxygens (including phenoxy) is 1. The monoisotopic (exact) mass is 313 g/mol. The molecule has 3 nitrogen and oxygen atoms in total. The van der Waals surface area contributed by atoms with Gasteiger partial charge in [-0.25, -0.2) is 0 Å². The molecule has 0 atom stereocenters. The molecule has 0 saturated heterocycles. The molecule has 22 heavy (non-hydrogen) atoms. The van der Waals surface area contributed by atoms with Gasteiger partial charge in [0.2, 0.25) is 5.90 Å². The fourth-order valence-electron chi connectivity index (χ4n) is 2.15. The van der Waals surface area contributed by atoms with Gasteiger partial charge in [-0.1, -0.05) is 42.5 Å². The summed E-state index contributed by atoms with van der Waals surface area (Å²) in [6, 6.07) is 21.5. The van der Waals surface area contributed by atoms with Gasteiger partial charge in [-0.15, -0.1) is 12.4 Å². The molecule has 3 aromatic rings. The number of rotatable bonds is 3. The molecule has 0 fully saturated rings. The second kappa shape index (κ2) is 6.96. The maximum absolute atomic E-state index is 7.62. The standard InChI is InChI=1S/C18H15NO2.ClH/c1-20-18(19)15-9-7-14(8-10-15)17-12-11-16(21-17)13-5-3-2-4-6-13;/h2-12,19H,1H3;1H. The molecule has 0 unspecified atom stereocenters. The summed E-state index contributed by atoms with van der Waals surface area (Å²) in [6.45, 7) is 0. The first-order valence-electron chi connectivity index (χ1n) is 6.66. The van der Waals surface area contributed by atoms with Crippen molar-refractivity contribution in [2.75, 3.05) is 7.11 Å². The number of halogens is 1. The number of benzene rings is 2. The van der Waals surface area contributed by atoms with Crippen LogP contribution in [-0.2, 0) is 4.74 Å². The lowest BCUT2D eigenvalue weighted by Gasteiger charge is -2.03. The zero-order valence-corrected chi connectivity index (χ0v) is 12.9. The zero-order chi connectivity index (χ0) is 14.7. The Morgan fingerprint density at radius 1 is 0.818 bits per heavy atom. The highest BCUT2D eigenvalue weighted by Crippen LogP contribution is 2.28. The van der Waals surface area contributed by atoms with E-state index in [1.165, 1.54) is 7.11 Å². The molecule has 3 rings (SSSR count). The molecule has 0 saturated carbocycles. The van der Waals surface area contributed by atoms with E-state index in [1.807, 2.05) is 66.7 Å². The Bertz CT molecular complexity index is 748. The average Bonchev–Trinajstić information content (AvgIpc) is 3.05. The van der Waals surface area contributed by atoms with Gasteiger partial charge in [0.1, 0.15) is 11.5 Å². The summed E-state index contributed by atoms with van der Waals surface area (Å²) in [7, 11) is 1.49. The molecule has 4 heteroatoms. The van der Waals surface area contributed by atoms with Gasteiger partial charge in [0.25, 0.3) is 0 Å². The molecular weight excluding hydrogens is 298 g/mol. The number of hydrogen-bond acceptors (Lipinski definition) is 3. The number of nitrogens with one attached hydrogen (secondary N) is 1. The van der Waals surface area contributed by atoms with Crippen LogP contribution in [0.15, 0.2) is 71.1 Å². The van der Waals surface area contributed by atoms with Gasteiger partial charge in [0.05, 0.1) is 7.11 Å². The van der Waals surface area contributed by atoms with Crippen LogP contribution in [-0.4, -0.2) is 13.0 Å². The number of furan rings is 1. The smallest absolute Gasteiger partial charge is 0.212 e. The van der Waals surface area contributed by atoms with Gasteiger partial charge in [-0.3, -0.25) is 5.41 Å². The second-order valence-electron chi connectivity index (χ2n) is 4.64. The molecule has 112 valence electrons. The molecule has 0 aliphatic heterocycles. The Hall–Kier alpha value is -2.52. The van der Waals surface area contributed by atoms with Crippen LogP contribution in [0.2, 0.25) is 0 Å². The predicted molar refractivity (Wildman–Crippen MR) is 90.7 cm³/mol. The molecule has 0 spiro atoms. The van der Waals surface area contributed by atoms with E-state index in [9.17, 15) is 0 Å². The maximum Gasteiger partial charge on any atom is 0.212 e. The van der Waals surface area contributed by atoms with Crippen LogP contribution in [0.3, 0.4) is 0 Å². The Morgan fingerprint density at radius 3 is 1.91 bits per heavy atom.